The third-order valence-corrected chi connectivity index (χ3v) is 4.02. The maximum atomic E-state index is 12.3. The van der Waals surface area contributed by atoms with Crippen molar-refractivity contribution in [3.8, 4) is 0 Å². The first-order valence-corrected chi connectivity index (χ1v) is 7.92. The lowest BCUT2D eigenvalue weighted by Gasteiger charge is -2.04. The van der Waals surface area contributed by atoms with E-state index in [1.165, 1.54) is 0 Å². The van der Waals surface area contributed by atoms with Gasteiger partial charge in [-0.25, -0.2) is 9.13 Å². The van der Waals surface area contributed by atoms with E-state index in [2.05, 4.69) is 34.5 Å². The Bertz CT molecular complexity index is 854. The SMILES string of the molecule is C=Cn1c[n+](CC(=O)Nc2cccc(I)c2)c2ccccc21. The van der Waals surface area contributed by atoms with Gasteiger partial charge in [-0.1, -0.05) is 24.8 Å². The van der Waals surface area contributed by atoms with Gasteiger partial charge < -0.3 is 5.32 Å². The summed E-state index contributed by atoms with van der Waals surface area (Å²) in [6, 6.07) is 15.7. The Morgan fingerprint density at radius 3 is 2.86 bits per heavy atom. The van der Waals surface area contributed by atoms with Crippen molar-refractivity contribution in [2.45, 2.75) is 6.54 Å². The van der Waals surface area contributed by atoms with Crippen molar-refractivity contribution < 1.29 is 9.36 Å². The van der Waals surface area contributed by atoms with Crippen molar-refractivity contribution in [2.24, 2.45) is 0 Å². The minimum Gasteiger partial charge on any atom is -0.323 e. The normalized spacial score (nSPS) is 10.6. The molecule has 1 aromatic heterocycles. The molecule has 3 rings (SSSR count). The molecule has 0 saturated heterocycles. The summed E-state index contributed by atoms with van der Waals surface area (Å²) in [5.41, 5.74) is 2.84. The molecular formula is C17H15IN3O+. The molecule has 0 atom stereocenters. The molecule has 1 amide bonds. The number of aromatic nitrogens is 2. The molecule has 0 aliphatic carbocycles. The van der Waals surface area contributed by atoms with Gasteiger partial charge in [-0.3, -0.25) is 4.79 Å². The van der Waals surface area contributed by atoms with Crippen LogP contribution in [-0.4, -0.2) is 10.5 Å². The van der Waals surface area contributed by atoms with Crippen molar-refractivity contribution in [1.29, 1.82) is 0 Å². The molecule has 0 saturated carbocycles. The summed E-state index contributed by atoms with van der Waals surface area (Å²) in [7, 11) is 0. The largest absolute Gasteiger partial charge is 0.323 e. The van der Waals surface area contributed by atoms with Gasteiger partial charge in [0.1, 0.15) is 0 Å². The Hall–Kier alpha value is -2.15. The Kier molecular flexibility index (Phi) is 4.24. The number of nitrogens with one attached hydrogen (secondary N) is 1. The van der Waals surface area contributed by atoms with E-state index in [0.29, 0.717) is 0 Å². The van der Waals surface area contributed by atoms with Gasteiger partial charge in [0.05, 0.1) is 6.20 Å². The van der Waals surface area contributed by atoms with Gasteiger partial charge in [0.2, 0.25) is 6.33 Å². The summed E-state index contributed by atoms with van der Waals surface area (Å²) in [5, 5.41) is 2.92. The first-order valence-electron chi connectivity index (χ1n) is 6.84. The van der Waals surface area contributed by atoms with E-state index >= 15 is 0 Å². The molecule has 4 nitrogen and oxygen atoms in total. The average Bonchev–Trinajstić information content (AvgIpc) is 2.85. The Morgan fingerprint density at radius 2 is 2.09 bits per heavy atom. The molecule has 5 heteroatoms. The van der Waals surface area contributed by atoms with Gasteiger partial charge in [0.15, 0.2) is 17.6 Å². The number of nitrogens with zero attached hydrogens (tertiary/aromatic N) is 2. The lowest BCUT2D eigenvalue weighted by atomic mass is 10.3. The van der Waals surface area contributed by atoms with Crippen molar-refractivity contribution >= 4 is 51.4 Å². The number of amides is 1. The number of imidazole rings is 1. The van der Waals surface area contributed by atoms with Gasteiger partial charge in [-0.15, -0.1) is 0 Å². The molecular weight excluding hydrogens is 389 g/mol. The number of hydrogen-bond donors (Lipinski definition) is 1. The first-order chi connectivity index (χ1) is 10.7. The number of rotatable bonds is 4. The molecule has 110 valence electrons. The summed E-state index contributed by atoms with van der Waals surface area (Å²) in [6.07, 6.45) is 3.61. The molecule has 3 aromatic rings. The number of carbonyl (C=O) groups is 1. The van der Waals surface area contributed by atoms with Crippen molar-refractivity contribution in [2.75, 3.05) is 5.32 Å². The third-order valence-electron chi connectivity index (χ3n) is 3.35. The van der Waals surface area contributed by atoms with Crippen LogP contribution in [0.1, 0.15) is 0 Å². The second kappa shape index (κ2) is 6.31. The Labute approximate surface area is 142 Å². The van der Waals surface area contributed by atoms with Crippen LogP contribution >= 0.6 is 22.6 Å². The summed E-state index contributed by atoms with van der Waals surface area (Å²) >= 11 is 2.22. The molecule has 0 unspecified atom stereocenters. The van der Waals surface area contributed by atoms with Gasteiger partial charge in [-0.2, -0.15) is 0 Å². The van der Waals surface area contributed by atoms with E-state index in [4.69, 9.17) is 0 Å². The van der Waals surface area contributed by atoms with E-state index in [1.54, 1.807) is 6.20 Å². The summed E-state index contributed by atoms with van der Waals surface area (Å²) < 4.78 is 4.92. The fraction of sp³-hybridized carbons (Fsp3) is 0.0588. The second-order valence-electron chi connectivity index (χ2n) is 4.88. The average molecular weight is 404 g/mol. The van der Waals surface area contributed by atoms with Crippen LogP contribution in [0, 0.1) is 3.57 Å². The van der Waals surface area contributed by atoms with E-state index in [9.17, 15) is 4.79 Å². The maximum absolute atomic E-state index is 12.3. The standard InChI is InChI=1S/C17H14IN3O/c1-2-20-12-21(16-9-4-3-8-15(16)20)11-17(22)19-14-7-5-6-13(18)10-14/h2-10,12H,1,11H2/p+1. The minimum atomic E-state index is -0.0565. The van der Waals surface area contributed by atoms with Crippen molar-refractivity contribution in [3.05, 3.63) is 65.0 Å². The van der Waals surface area contributed by atoms with Crippen molar-refractivity contribution in [1.82, 2.24) is 4.57 Å². The van der Waals surface area contributed by atoms with E-state index in [0.717, 1.165) is 20.3 Å². The lowest BCUT2D eigenvalue weighted by molar-refractivity contribution is -0.658. The highest BCUT2D eigenvalue weighted by atomic mass is 127. The highest BCUT2D eigenvalue weighted by Gasteiger charge is 2.16. The number of benzene rings is 2. The van der Waals surface area contributed by atoms with Crippen LogP contribution in [0.3, 0.4) is 0 Å². The number of para-hydroxylation sites is 2. The minimum absolute atomic E-state index is 0.0565. The third kappa shape index (κ3) is 3.04. The van der Waals surface area contributed by atoms with Gasteiger partial charge in [0.25, 0.3) is 5.91 Å². The summed E-state index contributed by atoms with van der Waals surface area (Å²) in [5.74, 6) is -0.0565. The molecule has 0 bridgehead atoms. The smallest absolute Gasteiger partial charge is 0.266 e. The fourth-order valence-corrected chi connectivity index (χ4v) is 2.94. The molecule has 1 heterocycles. The molecule has 22 heavy (non-hydrogen) atoms. The van der Waals surface area contributed by atoms with E-state index in [-0.39, 0.29) is 12.5 Å². The molecule has 0 fully saturated rings. The zero-order valence-electron chi connectivity index (χ0n) is 11.9. The van der Waals surface area contributed by atoms with Crippen LogP contribution in [0.15, 0.2) is 61.4 Å². The fourth-order valence-electron chi connectivity index (χ4n) is 2.39. The van der Waals surface area contributed by atoms with E-state index in [1.807, 2.05) is 64.0 Å². The predicted molar refractivity (Wildman–Crippen MR) is 96.3 cm³/mol. The lowest BCUT2D eigenvalue weighted by Crippen LogP contribution is -2.39. The number of carbonyl (C=O) groups excluding carboxylic acids is 1. The number of anilines is 1. The number of fused-ring (bicyclic) bond motifs is 1. The highest BCUT2D eigenvalue weighted by Crippen LogP contribution is 2.13. The Morgan fingerprint density at radius 1 is 1.27 bits per heavy atom. The molecule has 0 aliphatic rings. The summed E-state index contributed by atoms with van der Waals surface area (Å²) in [4.78, 5) is 12.3. The van der Waals surface area contributed by atoms with Gasteiger partial charge in [-0.05, 0) is 52.9 Å². The van der Waals surface area contributed by atoms with E-state index < -0.39 is 0 Å². The van der Waals surface area contributed by atoms with Gasteiger partial charge in [0, 0.05) is 9.26 Å². The van der Waals surface area contributed by atoms with Crippen molar-refractivity contribution in [3.63, 3.8) is 0 Å². The highest BCUT2D eigenvalue weighted by molar-refractivity contribution is 14.1. The predicted octanol–water partition coefficient (Wildman–Crippen LogP) is 3.27. The molecule has 0 radical (unpaired) electrons. The Balaban J connectivity index is 1.84. The van der Waals surface area contributed by atoms with Gasteiger partial charge >= 0.3 is 0 Å². The summed E-state index contributed by atoms with van der Waals surface area (Å²) in [6.45, 7) is 4.06. The number of hydrogen-bond acceptors (Lipinski definition) is 1. The quantitative estimate of drug-likeness (QED) is 0.526. The molecule has 0 aliphatic heterocycles. The topological polar surface area (TPSA) is 37.9 Å². The van der Waals surface area contributed by atoms with Crippen LogP contribution < -0.4 is 9.88 Å². The maximum Gasteiger partial charge on any atom is 0.266 e. The molecule has 2 aromatic carbocycles. The number of halogens is 1. The van der Waals surface area contributed by atoms with Crippen LogP contribution in [0.5, 0.6) is 0 Å². The zero-order chi connectivity index (χ0) is 15.5. The van der Waals surface area contributed by atoms with Crippen LogP contribution in [0.2, 0.25) is 0 Å². The zero-order valence-corrected chi connectivity index (χ0v) is 14.0. The first kappa shape index (κ1) is 14.8. The van der Waals surface area contributed by atoms with Crippen LogP contribution in [0.25, 0.3) is 17.2 Å². The van der Waals surface area contributed by atoms with Crippen LogP contribution in [0.4, 0.5) is 5.69 Å². The molecule has 1 N–H and O–H groups in total. The monoisotopic (exact) mass is 404 g/mol. The van der Waals surface area contributed by atoms with Crippen LogP contribution in [-0.2, 0) is 11.3 Å². The second-order valence-corrected chi connectivity index (χ2v) is 6.13. The molecule has 0 spiro atoms.